The number of nitrogens with one attached hydrogen (secondary N) is 2. The fraction of sp³-hybridized carbons (Fsp3) is 0.800. The highest BCUT2D eigenvalue weighted by molar-refractivity contribution is 4.82. The number of H-pyrrole nitrogens is 1. The second-order valence-corrected chi connectivity index (χ2v) is 4.05. The third-order valence-corrected chi connectivity index (χ3v) is 2.97. The number of nitrogens with zero attached hydrogens (tertiary/aromatic N) is 2. The third-order valence-electron chi connectivity index (χ3n) is 2.97. The fourth-order valence-corrected chi connectivity index (χ4v) is 1.88. The first-order valence-electron chi connectivity index (χ1n) is 5.51. The summed E-state index contributed by atoms with van der Waals surface area (Å²) in [5.74, 6) is 1.61. The van der Waals surface area contributed by atoms with Crippen molar-refractivity contribution >= 4 is 0 Å². The van der Waals surface area contributed by atoms with Gasteiger partial charge in [-0.3, -0.25) is 5.10 Å². The highest BCUT2D eigenvalue weighted by Crippen LogP contribution is 2.16. The molecular formula is C10H18N4O. The van der Waals surface area contributed by atoms with Crippen molar-refractivity contribution in [2.45, 2.75) is 25.8 Å². The van der Waals surface area contributed by atoms with E-state index in [4.69, 9.17) is 4.74 Å². The molecule has 1 saturated heterocycles. The number of rotatable bonds is 5. The predicted molar refractivity (Wildman–Crippen MR) is 56.5 cm³/mol. The molecule has 0 radical (unpaired) electrons. The van der Waals surface area contributed by atoms with Crippen molar-refractivity contribution in [1.82, 2.24) is 20.5 Å². The largest absolute Gasteiger partial charge is 0.381 e. The summed E-state index contributed by atoms with van der Waals surface area (Å²) in [7, 11) is 0. The lowest BCUT2D eigenvalue weighted by molar-refractivity contribution is 0.178. The second kappa shape index (κ2) is 5.23. The van der Waals surface area contributed by atoms with Crippen molar-refractivity contribution in [3.05, 3.63) is 12.2 Å². The summed E-state index contributed by atoms with van der Waals surface area (Å²) >= 11 is 0. The van der Waals surface area contributed by atoms with E-state index in [0.717, 1.165) is 32.0 Å². The van der Waals surface area contributed by atoms with E-state index in [-0.39, 0.29) is 0 Å². The maximum absolute atomic E-state index is 5.36. The zero-order valence-corrected chi connectivity index (χ0v) is 9.07. The van der Waals surface area contributed by atoms with Crippen molar-refractivity contribution < 1.29 is 4.74 Å². The van der Waals surface area contributed by atoms with Crippen LogP contribution in [0.4, 0.5) is 0 Å². The van der Waals surface area contributed by atoms with E-state index in [0.29, 0.717) is 12.0 Å². The smallest absolute Gasteiger partial charge is 0.137 e. The Hall–Kier alpha value is -0.940. The molecule has 1 aliphatic heterocycles. The van der Waals surface area contributed by atoms with Crippen LogP contribution in [0.3, 0.4) is 0 Å². The van der Waals surface area contributed by atoms with Gasteiger partial charge in [-0.05, 0) is 19.3 Å². The second-order valence-electron chi connectivity index (χ2n) is 4.05. The van der Waals surface area contributed by atoms with Gasteiger partial charge in [-0.1, -0.05) is 0 Å². The van der Waals surface area contributed by atoms with Crippen LogP contribution in [-0.4, -0.2) is 41.0 Å². The van der Waals surface area contributed by atoms with E-state index >= 15 is 0 Å². The SMILES string of the molecule is CC(NCCc1ncn[nH]1)C1CCOC1. The fourth-order valence-electron chi connectivity index (χ4n) is 1.88. The van der Waals surface area contributed by atoms with E-state index in [1.165, 1.54) is 6.42 Å². The summed E-state index contributed by atoms with van der Waals surface area (Å²) in [4.78, 5) is 4.08. The number of hydrogen-bond acceptors (Lipinski definition) is 4. The zero-order valence-electron chi connectivity index (χ0n) is 9.07. The molecule has 5 heteroatoms. The average Bonchev–Trinajstić information content (AvgIpc) is 2.90. The highest BCUT2D eigenvalue weighted by Gasteiger charge is 2.21. The topological polar surface area (TPSA) is 62.8 Å². The van der Waals surface area contributed by atoms with Crippen LogP contribution in [0.1, 0.15) is 19.2 Å². The summed E-state index contributed by atoms with van der Waals surface area (Å²) in [6.07, 6.45) is 3.62. The van der Waals surface area contributed by atoms with Gasteiger partial charge in [0.2, 0.25) is 0 Å². The lowest BCUT2D eigenvalue weighted by atomic mass is 10.0. The summed E-state index contributed by atoms with van der Waals surface area (Å²) in [6.45, 7) is 4.97. The first kappa shape index (κ1) is 10.6. The zero-order chi connectivity index (χ0) is 10.5. The Morgan fingerprint density at radius 1 is 1.73 bits per heavy atom. The van der Waals surface area contributed by atoms with Gasteiger partial charge < -0.3 is 10.1 Å². The highest BCUT2D eigenvalue weighted by atomic mass is 16.5. The van der Waals surface area contributed by atoms with Crippen LogP contribution in [0.25, 0.3) is 0 Å². The Morgan fingerprint density at radius 3 is 3.33 bits per heavy atom. The molecule has 0 aliphatic carbocycles. The minimum absolute atomic E-state index is 0.524. The van der Waals surface area contributed by atoms with E-state index in [2.05, 4.69) is 27.4 Å². The van der Waals surface area contributed by atoms with Gasteiger partial charge in [0.15, 0.2) is 0 Å². The van der Waals surface area contributed by atoms with Crippen LogP contribution >= 0.6 is 0 Å². The van der Waals surface area contributed by atoms with E-state index < -0.39 is 0 Å². The summed E-state index contributed by atoms with van der Waals surface area (Å²) in [5, 5.41) is 10.2. The molecule has 84 valence electrons. The Labute approximate surface area is 89.6 Å². The predicted octanol–water partition coefficient (Wildman–Crippen LogP) is 0.362. The van der Waals surface area contributed by atoms with Crippen LogP contribution in [0.15, 0.2) is 6.33 Å². The van der Waals surface area contributed by atoms with Crippen molar-refractivity contribution in [3.63, 3.8) is 0 Å². The van der Waals surface area contributed by atoms with Gasteiger partial charge in [0.05, 0.1) is 6.61 Å². The van der Waals surface area contributed by atoms with Gasteiger partial charge in [0.1, 0.15) is 12.2 Å². The number of aromatic amines is 1. The number of aromatic nitrogens is 3. The molecule has 2 atom stereocenters. The molecule has 1 aromatic heterocycles. The minimum atomic E-state index is 0.524. The van der Waals surface area contributed by atoms with Crippen LogP contribution in [0.5, 0.6) is 0 Å². The average molecular weight is 210 g/mol. The molecule has 2 unspecified atom stereocenters. The molecule has 2 N–H and O–H groups in total. The summed E-state index contributed by atoms with van der Waals surface area (Å²) in [6, 6.07) is 0.524. The lowest BCUT2D eigenvalue weighted by Gasteiger charge is -2.18. The van der Waals surface area contributed by atoms with Gasteiger partial charge in [0.25, 0.3) is 0 Å². The Morgan fingerprint density at radius 2 is 2.67 bits per heavy atom. The maximum Gasteiger partial charge on any atom is 0.137 e. The molecule has 5 nitrogen and oxygen atoms in total. The Balaban J connectivity index is 1.64. The quantitative estimate of drug-likeness (QED) is 0.736. The lowest BCUT2D eigenvalue weighted by Crippen LogP contribution is -2.35. The first-order chi connectivity index (χ1) is 7.36. The van der Waals surface area contributed by atoms with Crippen molar-refractivity contribution in [2.75, 3.05) is 19.8 Å². The molecule has 0 bridgehead atoms. The molecule has 1 aromatic rings. The molecule has 0 aromatic carbocycles. The van der Waals surface area contributed by atoms with Gasteiger partial charge in [0, 0.05) is 25.6 Å². The molecule has 2 rings (SSSR count). The van der Waals surface area contributed by atoms with E-state index in [1.54, 1.807) is 6.33 Å². The molecule has 2 heterocycles. The molecule has 15 heavy (non-hydrogen) atoms. The van der Waals surface area contributed by atoms with Gasteiger partial charge in [-0.15, -0.1) is 0 Å². The van der Waals surface area contributed by atoms with Crippen molar-refractivity contribution in [2.24, 2.45) is 5.92 Å². The van der Waals surface area contributed by atoms with Gasteiger partial charge in [-0.25, -0.2) is 4.98 Å². The van der Waals surface area contributed by atoms with Crippen LogP contribution in [-0.2, 0) is 11.2 Å². The summed E-state index contributed by atoms with van der Waals surface area (Å²) < 4.78 is 5.36. The number of ether oxygens (including phenoxy) is 1. The molecule has 0 spiro atoms. The van der Waals surface area contributed by atoms with E-state index in [1.807, 2.05) is 0 Å². The van der Waals surface area contributed by atoms with E-state index in [9.17, 15) is 0 Å². The number of hydrogen-bond donors (Lipinski definition) is 2. The van der Waals surface area contributed by atoms with Crippen LogP contribution in [0, 0.1) is 5.92 Å². The Bertz CT molecular complexity index is 269. The van der Waals surface area contributed by atoms with Crippen LogP contribution in [0.2, 0.25) is 0 Å². The Kier molecular flexibility index (Phi) is 3.69. The molecule has 1 aliphatic rings. The maximum atomic E-state index is 5.36. The standard InChI is InChI=1S/C10H18N4O/c1-8(9-3-5-15-6-9)11-4-2-10-12-7-13-14-10/h7-9,11H,2-6H2,1H3,(H,12,13,14). The minimum Gasteiger partial charge on any atom is -0.381 e. The van der Waals surface area contributed by atoms with Gasteiger partial charge in [-0.2, -0.15) is 5.10 Å². The first-order valence-corrected chi connectivity index (χ1v) is 5.51. The molecule has 0 amide bonds. The third kappa shape index (κ3) is 3.00. The van der Waals surface area contributed by atoms with Gasteiger partial charge >= 0.3 is 0 Å². The molecular weight excluding hydrogens is 192 g/mol. The summed E-state index contributed by atoms with van der Waals surface area (Å²) in [5.41, 5.74) is 0. The normalized spacial score (nSPS) is 23.1. The van der Waals surface area contributed by atoms with Crippen LogP contribution < -0.4 is 5.32 Å². The monoisotopic (exact) mass is 210 g/mol. The van der Waals surface area contributed by atoms with Crippen molar-refractivity contribution in [1.29, 1.82) is 0 Å². The van der Waals surface area contributed by atoms with Crippen molar-refractivity contribution in [3.8, 4) is 0 Å². The molecule has 0 saturated carbocycles. The molecule has 1 fully saturated rings.